The van der Waals surface area contributed by atoms with Crippen LogP contribution in [-0.4, -0.2) is 60.4 Å². The fraction of sp³-hybridized carbons (Fsp3) is 0.409. The zero-order chi connectivity index (χ0) is 19.5. The minimum atomic E-state index is -0.486. The first-order valence-electron chi connectivity index (χ1n) is 9.91. The minimum absolute atomic E-state index is 0.284. The highest BCUT2D eigenvalue weighted by Gasteiger charge is 2.21. The van der Waals surface area contributed by atoms with Crippen molar-refractivity contribution in [3.8, 4) is 17.0 Å². The van der Waals surface area contributed by atoms with Gasteiger partial charge >= 0.3 is 0 Å². The summed E-state index contributed by atoms with van der Waals surface area (Å²) in [6, 6.07) is 11.9. The summed E-state index contributed by atoms with van der Waals surface area (Å²) in [6.45, 7) is 9.26. The average Bonchev–Trinajstić information content (AvgIpc) is 3.21. The molecule has 0 aliphatic carbocycles. The van der Waals surface area contributed by atoms with Crippen LogP contribution >= 0.6 is 0 Å². The van der Waals surface area contributed by atoms with Crippen LogP contribution in [0.2, 0.25) is 0 Å². The summed E-state index contributed by atoms with van der Waals surface area (Å²) in [4.78, 5) is 9.73. The van der Waals surface area contributed by atoms with Crippen molar-refractivity contribution in [3.63, 3.8) is 0 Å². The Morgan fingerprint density at radius 3 is 2.57 bits per heavy atom. The molecule has 4 rings (SSSR count). The zero-order valence-corrected chi connectivity index (χ0v) is 16.5. The monoisotopic (exact) mass is 381 g/mol. The molecule has 2 aromatic heterocycles. The first kappa shape index (κ1) is 18.8. The maximum absolute atomic E-state index is 9.36. The van der Waals surface area contributed by atoms with E-state index in [1.54, 1.807) is 13.2 Å². The van der Waals surface area contributed by atoms with E-state index >= 15 is 0 Å². The molecule has 1 fully saturated rings. The van der Waals surface area contributed by atoms with Gasteiger partial charge in [-0.2, -0.15) is 0 Å². The van der Waals surface area contributed by atoms with Gasteiger partial charge in [-0.1, -0.05) is 6.92 Å². The number of aliphatic hydroxyl groups excluding tert-OH is 1. The smallest absolute Gasteiger partial charge is 0.176 e. The van der Waals surface area contributed by atoms with E-state index in [-0.39, 0.29) is 6.61 Å². The number of furan rings is 1. The first-order valence-corrected chi connectivity index (χ1v) is 9.91. The van der Waals surface area contributed by atoms with E-state index in [0.717, 1.165) is 66.5 Å². The topological polar surface area (TPSA) is 62.0 Å². The van der Waals surface area contributed by atoms with Gasteiger partial charge in [-0.25, -0.2) is 4.98 Å². The molecule has 28 heavy (non-hydrogen) atoms. The summed E-state index contributed by atoms with van der Waals surface area (Å²) in [5.74, 6) is 1.66. The first-order chi connectivity index (χ1) is 13.6. The van der Waals surface area contributed by atoms with E-state index in [2.05, 4.69) is 22.8 Å². The van der Waals surface area contributed by atoms with Gasteiger partial charge in [0.15, 0.2) is 11.4 Å². The van der Waals surface area contributed by atoms with E-state index in [9.17, 15) is 5.11 Å². The number of benzene rings is 1. The second-order valence-electron chi connectivity index (χ2n) is 7.28. The van der Waals surface area contributed by atoms with E-state index in [1.807, 2.05) is 30.3 Å². The van der Waals surface area contributed by atoms with Gasteiger partial charge in [0.2, 0.25) is 0 Å². The number of hydrogen-bond acceptors (Lipinski definition) is 6. The number of pyridine rings is 1. The molecule has 0 spiro atoms. The predicted octanol–water partition coefficient (Wildman–Crippen LogP) is 3.40. The average molecular weight is 381 g/mol. The van der Waals surface area contributed by atoms with Crippen molar-refractivity contribution < 1.29 is 14.3 Å². The van der Waals surface area contributed by atoms with E-state index in [4.69, 9.17) is 14.1 Å². The Labute approximate surface area is 165 Å². The van der Waals surface area contributed by atoms with E-state index < -0.39 is 6.10 Å². The molecule has 1 aliphatic heterocycles. The predicted molar refractivity (Wildman–Crippen MR) is 111 cm³/mol. The SMILES string of the molecule is CCN1CCN(c2nc(-c3ccc(OCC(C)O)cc3)cc3ccoc23)CC1. The van der Waals surface area contributed by atoms with Gasteiger partial charge in [0.05, 0.1) is 18.1 Å². The summed E-state index contributed by atoms with van der Waals surface area (Å²) in [7, 11) is 0. The minimum Gasteiger partial charge on any atom is -0.491 e. The van der Waals surface area contributed by atoms with Gasteiger partial charge in [0, 0.05) is 37.1 Å². The lowest BCUT2D eigenvalue weighted by Crippen LogP contribution is -2.46. The van der Waals surface area contributed by atoms with Crippen LogP contribution in [-0.2, 0) is 0 Å². The second-order valence-corrected chi connectivity index (χ2v) is 7.28. The van der Waals surface area contributed by atoms with Crippen molar-refractivity contribution in [3.05, 3.63) is 42.7 Å². The molecule has 6 nitrogen and oxygen atoms in total. The number of hydrogen-bond donors (Lipinski definition) is 1. The molecule has 0 amide bonds. The molecule has 6 heteroatoms. The maximum atomic E-state index is 9.36. The normalized spacial score (nSPS) is 16.5. The molecule has 3 aromatic rings. The molecule has 1 N–H and O–H groups in total. The van der Waals surface area contributed by atoms with Gasteiger partial charge in [0.1, 0.15) is 12.4 Å². The van der Waals surface area contributed by atoms with Crippen LogP contribution in [0, 0.1) is 0 Å². The third-order valence-corrected chi connectivity index (χ3v) is 5.18. The maximum Gasteiger partial charge on any atom is 0.176 e. The Morgan fingerprint density at radius 1 is 1.14 bits per heavy atom. The number of ether oxygens (including phenoxy) is 1. The third kappa shape index (κ3) is 3.98. The fourth-order valence-corrected chi connectivity index (χ4v) is 3.54. The Hall–Kier alpha value is -2.57. The van der Waals surface area contributed by atoms with Crippen molar-refractivity contribution in [1.82, 2.24) is 9.88 Å². The summed E-state index contributed by atoms with van der Waals surface area (Å²) < 4.78 is 11.3. The van der Waals surface area contributed by atoms with Crippen molar-refractivity contribution in [2.75, 3.05) is 44.2 Å². The Bertz CT molecular complexity index is 912. The highest BCUT2D eigenvalue weighted by atomic mass is 16.5. The van der Waals surface area contributed by atoms with Crippen LogP contribution in [0.25, 0.3) is 22.2 Å². The summed E-state index contributed by atoms with van der Waals surface area (Å²) in [6.07, 6.45) is 1.25. The van der Waals surface area contributed by atoms with Gasteiger partial charge in [0.25, 0.3) is 0 Å². The number of rotatable bonds is 6. The summed E-state index contributed by atoms with van der Waals surface area (Å²) >= 11 is 0. The van der Waals surface area contributed by atoms with Gasteiger partial charge < -0.3 is 24.1 Å². The lowest BCUT2D eigenvalue weighted by molar-refractivity contribution is 0.123. The van der Waals surface area contributed by atoms with Crippen molar-refractivity contribution in [2.45, 2.75) is 20.0 Å². The van der Waals surface area contributed by atoms with Crippen LogP contribution < -0.4 is 9.64 Å². The molecule has 1 unspecified atom stereocenters. The molecule has 148 valence electrons. The number of nitrogens with zero attached hydrogens (tertiary/aromatic N) is 3. The summed E-state index contributed by atoms with van der Waals surface area (Å²) in [5, 5.41) is 10.4. The van der Waals surface area contributed by atoms with Crippen LogP contribution in [0.4, 0.5) is 5.82 Å². The lowest BCUT2D eigenvalue weighted by atomic mass is 10.1. The molecule has 0 saturated carbocycles. The molecule has 1 aliphatic rings. The van der Waals surface area contributed by atoms with Gasteiger partial charge in [-0.15, -0.1) is 0 Å². The third-order valence-electron chi connectivity index (χ3n) is 5.18. The molecule has 0 radical (unpaired) electrons. The van der Waals surface area contributed by atoms with Crippen LogP contribution in [0.3, 0.4) is 0 Å². The highest BCUT2D eigenvalue weighted by Crippen LogP contribution is 2.32. The van der Waals surface area contributed by atoms with Crippen molar-refractivity contribution in [2.24, 2.45) is 0 Å². The van der Waals surface area contributed by atoms with Gasteiger partial charge in [-0.05, 0) is 49.9 Å². The number of aliphatic hydroxyl groups is 1. The zero-order valence-electron chi connectivity index (χ0n) is 16.5. The molecular formula is C22H27N3O3. The fourth-order valence-electron chi connectivity index (χ4n) is 3.54. The molecule has 3 heterocycles. The molecule has 0 bridgehead atoms. The number of piperazine rings is 1. The van der Waals surface area contributed by atoms with E-state index in [1.165, 1.54) is 0 Å². The van der Waals surface area contributed by atoms with Crippen molar-refractivity contribution in [1.29, 1.82) is 0 Å². The Balaban J connectivity index is 1.61. The van der Waals surface area contributed by atoms with Crippen LogP contribution in [0.15, 0.2) is 47.1 Å². The number of aromatic nitrogens is 1. The Kier molecular flexibility index (Phi) is 5.50. The van der Waals surface area contributed by atoms with Gasteiger partial charge in [-0.3, -0.25) is 0 Å². The second kappa shape index (κ2) is 8.20. The summed E-state index contributed by atoms with van der Waals surface area (Å²) in [5.41, 5.74) is 2.80. The number of likely N-dealkylation sites (N-methyl/N-ethyl adjacent to an activating group) is 1. The number of fused-ring (bicyclic) bond motifs is 1. The molecule has 1 aromatic carbocycles. The largest absolute Gasteiger partial charge is 0.491 e. The van der Waals surface area contributed by atoms with Crippen LogP contribution in [0.1, 0.15) is 13.8 Å². The van der Waals surface area contributed by atoms with Crippen molar-refractivity contribution >= 4 is 16.8 Å². The standard InChI is InChI=1S/C22H27N3O3/c1-3-24-9-11-25(12-10-24)22-21-18(8-13-27-21)14-20(23-22)17-4-6-19(7-5-17)28-15-16(2)26/h4-8,13-14,16,26H,3,9-12,15H2,1-2H3. The molecular weight excluding hydrogens is 354 g/mol. The molecule has 1 saturated heterocycles. The lowest BCUT2D eigenvalue weighted by Gasteiger charge is -2.34. The number of anilines is 1. The Morgan fingerprint density at radius 2 is 1.89 bits per heavy atom. The molecule has 1 atom stereocenters. The van der Waals surface area contributed by atoms with E-state index in [0.29, 0.717) is 0 Å². The highest BCUT2D eigenvalue weighted by molar-refractivity contribution is 5.90. The van der Waals surface area contributed by atoms with Crippen LogP contribution in [0.5, 0.6) is 5.75 Å². The quantitative estimate of drug-likeness (QED) is 0.706.